The van der Waals surface area contributed by atoms with Crippen LogP contribution in [-0.4, -0.2) is 16.1 Å². The van der Waals surface area contributed by atoms with Gasteiger partial charge in [-0.2, -0.15) is 0 Å². The lowest BCUT2D eigenvalue weighted by molar-refractivity contribution is -0.136. The van der Waals surface area contributed by atoms with E-state index in [-0.39, 0.29) is 12.2 Å². The molecule has 1 aromatic heterocycles. The van der Waals surface area contributed by atoms with Crippen LogP contribution in [0.5, 0.6) is 0 Å². The molecule has 0 fully saturated rings. The molecule has 3 nitrogen and oxygen atoms in total. The van der Waals surface area contributed by atoms with E-state index in [1.165, 1.54) is 17.7 Å². The number of benzene rings is 2. The number of hydrogen-bond donors (Lipinski definition) is 2. The molecule has 1 heterocycles. The van der Waals surface area contributed by atoms with Crippen molar-refractivity contribution in [1.29, 1.82) is 0 Å². The van der Waals surface area contributed by atoms with Crippen LogP contribution in [0.2, 0.25) is 0 Å². The minimum absolute atomic E-state index is 0.0727. The molecule has 2 aromatic carbocycles. The second-order valence-corrected chi connectivity index (χ2v) is 6.17. The van der Waals surface area contributed by atoms with Gasteiger partial charge in [0.25, 0.3) is 0 Å². The minimum atomic E-state index is -0.881. The highest BCUT2D eigenvalue weighted by Crippen LogP contribution is 2.33. The van der Waals surface area contributed by atoms with Crippen LogP contribution in [-0.2, 0) is 11.2 Å². The molecule has 0 saturated heterocycles. The van der Waals surface area contributed by atoms with E-state index < -0.39 is 5.97 Å². The van der Waals surface area contributed by atoms with E-state index in [1.54, 1.807) is 12.1 Å². The van der Waals surface area contributed by atoms with Gasteiger partial charge in [-0.25, -0.2) is 4.39 Å². The number of carbonyl (C=O) groups is 1. The Balaban J connectivity index is 2.20. The van der Waals surface area contributed by atoms with E-state index in [1.807, 2.05) is 6.07 Å². The van der Waals surface area contributed by atoms with Crippen LogP contribution in [0.25, 0.3) is 22.2 Å². The fourth-order valence-electron chi connectivity index (χ4n) is 3.01. The highest BCUT2D eigenvalue weighted by atomic mass is 19.1. The van der Waals surface area contributed by atoms with Crippen molar-refractivity contribution in [2.24, 2.45) is 0 Å². The van der Waals surface area contributed by atoms with E-state index in [2.05, 4.69) is 31.0 Å². The summed E-state index contributed by atoms with van der Waals surface area (Å²) in [5, 5.41) is 10.2. The average Bonchev–Trinajstić information content (AvgIpc) is 2.92. The second-order valence-electron chi connectivity index (χ2n) is 6.17. The van der Waals surface area contributed by atoms with E-state index in [9.17, 15) is 14.3 Å². The van der Waals surface area contributed by atoms with E-state index in [0.29, 0.717) is 5.92 Å². The quantitative estimate of drug-likeness (QED) is 0.684. The van der Waals surface area contributed by atoms with Gasteiger partial charge in [0.05, 0.1) is 12.1 Å². The Kier molecular flexibility index (Phi) is 4.38. The summed E-state index contributed by atoms with van der Waals surface area (Å²) in [5.74, 6) is -0.779. The molecule has 0 radical (unpaired) electrons. The number of aromatic amines is 1. The summed E-state index contributed by atoms with van der Waals surface area (Å²) >= 11 is 0. The Bertz CT molecular complexity index is 881. The fourth-order valence-corrected chi connectivity index (χ4v) is 3.01. The number of fused-ring (bicyclic) bond motifs is 1. The van der Waals surface area contributed by atoms with Crippen LogP contribution < -0.4 is 0 Å². The van der Waals surface area contributed by atoms with Gasteiger partial charge in [-0.15, -0.1) is 0 Å². The van der Waals surface area contributed by atoms with Crippen molar-refractivity contribution in [2.45, 2.75) is 32.6 Å². The van der Waals surface area contributed by atoms with Crippen LogP contribution in [0.4, 0.5) is 4.39 Å². The van der Waals surface area contributed by atoms with Gasteiger partial charge in [0.2, 0.25) is 0 Å². The van der Waals surface area contributed by atoms with Crippen LogP contribution in [0.15, 0.2) is 42.5 Å². The maximum Gasteiger partial charge on any atom is 0.307 e. The molecule has 0 aliphatic rings. The molecule has 124 valence electrons. The summed E-state index contributed by atoms with van der Waals surface area (Å²) in [5.41, 5.74) is 4.37. The molecule has 0 bridgehead atoms. The summed E-state index contributed by atoms with van der Waals surface area (Å²) in [6.45, 7) is 4.29. The number of nitrogens with one attached hydrogen (secondary N) is 1. The van der Waals surface area contributed by atoms with E-state index >= 15 is 0 Å². The van der Waals surface area contributed by atoms with Crippen molar-refractivity contribution >= 4 is 16.9 Å². The smallest absolute Gasteiger partial charge is 0.307 e. The van der Waals surface area contributed by atoms with Gasteiger partial charge >= 0.3 is 5.97 Å². The lowest BCUT2D eigenvalue weighted by Gasteiger charge is -2.09. The normalized spacial score (nSPS) is 12.5. The lowest BCUT2D eigenvalue weighted by atomic mass is 9.95. The maximum absolute atomic E-state index is 13.2. The first-order valence-corrected chi connectivity index (χ1v) is 8.11. The molecule has 0 aliphatic heterocycles. The largest absolute Gasteiger partial charge is 0.481 e. The highest BCUT2D eigenvalue weighted by molar-refractivity contribution is 5.94. The molecule has 0 spiro atoms. The fraction of sp³-hybridized carbons (Fsp3) is 0.250. The van der Waals surface area contributed by atoms with Gasteiger partial charge in [-0.05, 0) is 65.4 Å². The topological polar surface area (TPSA) is 53.1 Å². The minimum Gasteiger partial charge on any atom is -0.481 e. The summed E-state index contributed by atoms with van der Waals surface area (Å²) in [6, 6.07) is 12.3. The molecule has 3 aromatic rings. The SMILES string of the molecule is CCC(C)c1ccc2[nH]c(-c3ccc(F)cc3)c(CC(=O)O)c2c1. The molecule has 1 unspecified atom stereocenters. The summed E-state index contributed by atoms with van der Waals surface area (Å²) in [7, 11) is 0. The molecule has 3 rings (SSSR count). The van der Waals surface area contributed by atoms with Crippen molar-refractivity contribution in [1.82, 2.24) is 4.98 Å². The number of aliphatic carboxylic acids is 1. The van der Waals surface area contributed by atoms with Gasteiger partial charge in [0, 0.05) is 10.9 Å². The zero-order valence-electron chi connectivity index (χ0n) is 13.8. The molecular weight excluding hydrogens is 305 g/mol. The van der Waals surface area contributed by atoms with Crippen molar-refractivity contribution in [3.8, 4) is 11.3 Å². The standard InChI is InChI=1S/C20H20FNO2/c1-3-12(2)14-6-9-18-16(10-14)17(11-19(23)24)20(22-18)13-4-7-15(21)8-5-13/h4-10,12,22H,3,11H2,1-2H3,(H,23,24). The van der Waals surface area contributed by atoms with Crippen molar-refractivity contribution in [2.75, 3.05) is 0 Å². The Morgan fingerprint density at radius 1 is 1.21 bits per heavy atom. The monoisotopic (exact) mass is 325 g/mol. The Morgan fingerprint density at radius 3 is 2.54 bits per heavy atom. The summed E-state index contributed by atoms with van der Waals surface area (Å²) in [4.78, 5) is 14.7. The molecule has 0 saturated carbocycles. The van der Waals surface area contributed by atoms with Crippen molar-refractivity contribution in [3.63, 3.8) is 0 Å². The number of aromatic nitrogens is 1. The third kappa shape index (κ3) is 3.04. The van der Waals surface area contributed by atoms with Crippen molar-refractivity contribution < 1.29 is 14.3 Å². The molecule has 0 aliphatic carbocycles. The zero-order valence-corrected chi connectivity index (χ0v) is 13.8. The Hall–Kier alpha value is -2.62. The molecule has 0 amide bonds. The number of H-pyrrole nitrogens is 1. The van der Waals surface area contributed by atoms with Gasteiger partial charge in [0.1, 0.15) is 5.82 Å². The van der Waals surface area contributed by atoms with E-state index in [4.69, 9.17) is 0 Å². The van der Waals surface area contributed by atoms with Gasteiger partial charge in [-0.1, -0.05) is 19.9 Å². The third-order valence-corrected chi connectivity index (χ3v) is 4.57. The van der Waals surface area contributed by atoms with Crippen LogP contribution in [0, 0.1) is 5.82 Å². The first-order chi connectivity index (χ1) is 11.5. The second kappa shape index (κ2) is 6.48. The molecule has 1 atom stereocenters. The molecular formula is C20H20FNO2. The van der Waals surface area contributed by atoms with Crippen LogP contribution in [0.1, 0.15) is 37.3 Å². The molecule has 4 heteroatoms. The summed E-state index contributed by atoms with van der Waals surface area (Å²) in [6.07, 6.45) is 0.950. The predicted octanol–water partition coefficient (Wildman–Crippen LogP) is 5.11. The summed E-state index contributed by atoms with van der Waals surface area (Å²) < 4.78 is 13.2. The van der Waals surface area contributed by atoms with Crippen LogP contribution >= 0.6 is 0 Å². The van der Waals surface area contributed by atoms with Crippen LogP contribution in [0.3, 0.4) is 0 Å². The lowest BCUT2D eigenvalue weighted by Crippen LogP contribution is -2.01. The highest BCUT2D eigenvalue weighted by Gasteiger charge is 2.17. The number of carboxylic acid groups (broad SMARTS) is 1. The Morgan fingerprint density at radius 2 is 1.92 bits per heavy atom. The first kappa shape index (κ1) is 16.2. The number of rotatable bonds is 5. The zero-order chi connectivity index (χ0) is 17.3. The van der Waals surface area contributed by atoms with Gasteiger partial charge < -0.3 is 10.1 Å². The number of halogens is 1. The number of carboxylic acids is 1. The average molecular weight is 325 g/mol. The predicted molar refractivity (Wildman–Crippen MR) is 93.7 cm³/mol. The number of hydrogen-bond acceptors (Lipinski definition) is 1. The molecule has 2 N–H and O–H groups in total. The van der Waals surface area contributed by atoms with Crippen molar-refractivity contribution in [3.05, 3.63) is 59.4 Å². The Labute approximate surface area is 140 Å². The molecule has 24 heavy (non-hydrogen) atoms. The maximum atomic E-state index is 13.2. The third-order valence-electron chi connectivity index (χ3n) is 4.57. The van der Waals surface area contributed by atoms with Gasteiger partial charge in [0.15, 0.2) is 0 Å². The van der Waals surface area contributed by atoms with Gasteiger partial charge in [-0.3, -0.25) is 4.79 Å². The first-order valence-electron chi connectivity index (χ1n) is 8.11. The van der Waals surface area contributed by atoms with E-state index in [0.717, 1.165) is 34.1 Å².